The van der Waals surface area contributed by atoms with Gasteiger partial charge in [-0.15, -0.1) is 11.8 Å². The van der Waals surface area contributed by atoms with E-state index in [2.05, 4.69) is 5.32 Å². The SMILES string of the molecule is COc1ccc(C2=Nc3ccccc3SC2CC(=O)Nc2cccc(Cl)c2C)cc1. The Bertz CT molecular complexity index is 1110. The normalized spacial score (nSPS) is 15.2. The van der Waals surface area contributed by atoms with Gasteiger partial charge in [0, 0.05) is 22.0 Å². The van der Waals surface area contributed by atoms with E-state index >= 15 is 0 Å². The lowest BCUT2D eigenvalue weighted by molar-refractivity contribution is -0.116. The Morgan fingerprint density at radius 3 is 2.63 bits per heavy atom. The molecule has 30 heavy (non-hydrogen) atoms. The lowest BCUT2D eigenvalue weighted by Gasteiger charge is -2.24. The first-order chi connectivity index (χ1) is 14.5. The number of nitrogens with zero attached hydrogens (tertiary/aromatic N) is 1. The van der Waals surface area contributed by atoms with Gasteiger partial charge in [0.1, 0.15) is 5.75 Å². The van der Waals surface area contributed by atoms with Gasteiger partial charge < -0.3 is 10.1 Å². The first kappa shape index (κ1) is 20.5. The van der Waals surface area contributed by atoms with Crippen LogP contribution in [0.25, 0.3) is 0 Å². The van der Waals surface area contributed by atoms with Crippen molar-refractivity contribution >= 4 is 46.4 Å². The van der Waals surface area contributed by atoms with Crippen LogP contribution in [0.15, 0.2) is 76.6 Å². The number of ether oxygens (including phenoxy) is 1. The topological polar surface area (TPSA) is 50.7 Å². The average molecular weight is 437 g/mol. The van der Waals surface area contributed by atoms with Crippen molar-refractivity contribution in [3.05, 3.63) is 82.9 Å². The maximum Gasteiger partial charge on any atom is 0.225 e. The van der Waals surface area contributed by atoms with Crippen molar-refractivity contribution < 1.29 is 9.53 Å². The monoisotopic (exact) mass is 436 g/mol. The van der Waals surface area contributed by atoms with Gasteiger partial charge in [0.15, 0.2) is 0 Å². The highest BCUT2D eigenvalue weighted by Crippen LogP contribution is 2.40. The first-order valence-electron chi connectivity index (χ1n) is 9.59. The summed E-state index contributed by atoms with van der Waals surface area (Å²) in [6, 6.07) is 21.3. The molecule has 3 aromatic rings. The number of hydrogen-bond acceptors (Lipinski definition) is 4. The highest BCUT2D eigenvalue weighted by Gasteiger charge is 2.27. The van der Waals surface area contributed by atoms with Crippen molar-refractivity contribution in [1.82, 2.24) is 0 Å². The molecule has 0 fully saturated rings. The molecule has 0 aliphatic carbocycles. The molecule has 4 rings (SSSR count). The highest BCUT2D eigenvalue weighted by molar-refractivity contribution is 8.01. The zero-order valence-corrected chi connectivity index (χ0v) is 18.3. The standard InChI is InChI=1S/C24H21ClN2O2S/c1-15-18(25)6-5-8-19(15)26-23(28)14-22-24(16-10-12-17(29-2)13-11-16)27-20-7-3-4-9-21(20)30-22/h3-13,22H,14H2,1-2H3,(H,26,28). The van der Waals surface area contributed by atoms with Gasteiger partial charge in [-0.25, -0.2) is 0 Å². The molecule has 1 amide bonds. The van der Waals surface area contributed by atoms with Gasteiger partial charge in [-0.1, -0.05) is 29.8 Å². The zero-order valence-electron chi connectivity index (χ0n) is 16.7. The summed E-state index contributed by atoms with van der Waals surface area (Å²) in [5, 5.41) is 3.53. The minimum absolute atomic E-state index is 0.0709. The molecule has 1 heterocycles. The van der Waals surface area contributed by atoms with Crippen LogP contribution in [0.2, 0.25) is 5.02 Å². The summed E-state index contributed by atoms with van der Waals surface area (Å²) in [6.45, 7) is 1.90. The van der Waals surface area contributed by atoms with Gasteiger partial charge in [0.2, 0.25) is 5.91 Å². The van der Waals surface area contributed by atoms with E-state index in [-0.39, 0.29) is 11.2 Å². The Balaban J connectivity index is 1.61. The second kappa shape index (κ2) is 8.94. The second-order valence-corrected chi connectivity index (χ2v) is 8.62. The van der Waals surface area contributed by atoms with Crippen molar-refractivity contribution in [2.75, 3.05) is 12.4 Å². The van der Waals surface area contributed by atoms with Gasteiger partial charge in [-0.05, 0) is 66.6 Å². The number of carbonyl (C=O) groups is 1. The van der Waals surface area contributed by atoms with Crippen LogP contribution in [0.1, 0.15) is 17.5 Å². The summed E-state index contributed by atoms with van der Waals surface area (Å²) in [7, 11) is 1.64. The van der Waals surface area contributed by atoms with E-state index < -0.39 is 0 Å². The van der Waals surface area contributed by atoms with Crippen LogP contribution in [-0.2, 0) is 4.79 Å². The fraction of sp³-hybridized carbons (Fsp3) is 0.167. The minimum Gasteiger partial charge on any atom is -0.497 e. The molecule has 4 nitrogen and oxygen atoms in total. The van der Waals surface area contributed by atoms with Gasteiger partial charge in [0.05, 0.1) is 23.8 Å². The smallest absolute Gasteiger partial charge is 0.225 e. The predicted octanol–water partition coefficient (Wildman–Crippen LogP) is 6.28. The number of nitrogens with one attached hydrogen (secondary N) is 1. The maximum absolute atomic E-state index is 12.9. The Labute approximate surface area is 185 Å². The van der Waals surface area contributed by atoms with E-state index in [1.165, 1.54) is 0 Å². The van der Waals surface area contributed by atoms with Gasteiger partial charge >= 0.3 is 0 Å². The molecular weight excluding hydrogens is 416 g/mol. The van der Waals surface area contributed by atoms with Crippen LogP contribution in [0.3, 0.4) is 0 Å². The predicted molar refractivity (Wildman–Crippen MR) is 125 cm³/mol. The van der Waals surface area contributed by atoms with Crippen LogP contribution in [0.4, 0.5) is 11.4 Å². The number of fused-ring (bicyclic) bond motifs is 1. The molecule has 1 N–H and O–H groups in total. The molecule has 0 saturated carbocycles. The van der Waals surface area contributed by atoms with E-state index in [1.54, 1.807) is 18.9 Å². The number of anilines is 1. The molecule has 0 bridgehead atoms. The number of para-hydroxylation sites is 1. The number of thioether (sulfide) groups is 1. The van der Waals surface area contributed by atoms with Crippen molar-refractivity contribution in [2.45, 2.75) is 23.5 Å². The molecule has 3 aromatic carbocycles. The number of halogens is 1. The quantitative estimate of drug-likeness (QED) is 0.512. The fourth-order valence-electron chi connectivity index (χ4n) is 3.32. The second-order valence-electron chi connectivity index (χ2n) is 6.96. The lowest BCUT2D eigenvalue weighted by atomic mass is 10.0. The number of methoxy groups -OCH3 is 1. The zero-order chi connectivity index (χ0) is 21.1. The van der Waals surface area contributed by atoms with Gasteiger partial charge in [0.25, 0.3) is 0 Å². The summed E-state index contributed by atoms with van der Waals surface area (Å²) in [4.78, 5) is 18.9. The maximum atomic E-state index is 12.9. The summed E-state index contributed by atoms with van der Waals surface area (Å²) in [5.74, 6) is 0.715. The summed E-state index contributed by atoms with van der Waals surface area (Å²) < 4.78 is 5.27. The molecule has 0 spiro atoms. The third kappa shape index (κ3) is 4.37. The van der Waals surface area contributed by atoms with Gasteiger partial charge in [-0.3, -0.25) is 9.79 Å². The number of amides is 1. The van der Waals surface area contributed by atoms with E-state index in [9.17, 15) is 4.79 Å². The summed E-state index contributed by atoms with van der Waals surface area (Å²) in [5.41, 5.74) is 4.39. The van der Waals surface area contributed by atoms with Crippen molar-refractivity contribution in [1.29, 1.82) is 0 Å². The van der Waals surface area contributed by atoms with Crippen molar-refractivity contribution in [3.63, 3.8) is 0 Å². The molecule has 0 saturated heterocycles. The van der Waals surface area contributed by atoms with Crippen LogP contribution in [-0.4, -0.2) is 24.0 Å². The van der Waals surface area contributed by atoms with Crippen LogP contribution < -0.4 is 10.1 Å². The first-order valence-corrected chi connectivity index (χ1v) is 10.8. The number of rotatable bonds is 5. The van der Waals surface area contributed by atoms with Gasteiger partial charge in [-0.2, -0.15) is 0 Å². The third-order valence-electron chi connectivity index (χ3n) is 4.98. The van der Waals surface area contributed by atoms with Crippen molar-refractivity contribution in [2.24, 2.45) is 4.99 Å². The molecule has 0 radical (unpaired) electrons. The lowest BCUT2D eigenvalue weighted by Crippen LogP contribution is -2.27. The molecule has 0 aromatic heterocycles. The Hall–Kier alpha value is -2.76. The van der Waals surface area contributed by atoms with E-state index in [1.807, 2.05) is 73.7 Å². The molecule has 1 unspecified atom stereocenters. The van der Waals surface area contributed by atoms with E-state index in [4.69, 9.17) is 21.3 Å². The molecule has 1 aliphatic heterocycles. The Morgan fingerprint density at radius 1 is 1.10 bits per heavy atom. The van der Waals surface area contributed by atoms with E-state index in [0.29, 0.717) is 11.4 Å². The molecule has 1 atom stereocenters. The minimum atomic E-state index is -0.104. The van der Waals surface area contributed by atoms with Crippen LogP contribution in [0, 0.1) is 6.92 Å². The summed E-state index contributed by atoms with van der Waals surface area (Å²) in [6.07, 6.45) is 0.301. The summed E-state index contributed by atoms with van der Waals surface area (Å²) >= 11 is 7.86. The number of hydrogen-bond donors (Lipinski definition) is 1. The Kier molecular flexibility index (Phi) is 6.11. The number of benzene rings is 3. The number of carbonyl (C=O) groups excluding carboxylic acids is 1. The van der Waals surface area contributed by atoms with Crippen molar-refractivity contribution in [3.8, 4) is 5.75 Å². The molecule has 6 heteroatoms. The average Bonchev–Trinajstić information content (AvgIpc) is 2.76. The fourth-order valence-corrected chi connectivity index (χ4v) is 4.73. The van der Waals surface area contributed by atoms with E-state index in [0.717, 1.165) is 38.9 Å². The van der Waals surface area contributed by atoms with Crippen LogP contribution in [0.5, 0.6) is 5.75 Å². The molecular formula is C24H21ClN2O2S. The largest absolute Gasteiger partial charge is 0.497 e. The molecule has 1 aliphatic rings. The Morgan fingerprint density at radius 2 is 1.87 bits per heavy atom. The number of aliphatic imine (C=N–C) groups is 1. The van der Waals surface area contributed by atoms with Crippen LogP contribution >= 0.6 is 23.4 Å². The third-order valence-corrected chi connectivity index (χ3v) is 6.66. The molecule has 152 valence electrons. The highest BCUT2D eigenvalue weighted by atomic mass is 35.5.